The lowest BCUT2D eigenvalue weighted by Gasteiger charge is -2.16. The predicted octanol–water partition coefficient (Wildman–Crippen LogP) is 1.54. The van der Waals surface area contributed by atoms with Crippen LogP contribution < -0.4 is 10.9 Å². The van der Waals surface area contributed by atoms with Crippen LogP contribution in [0, 0.1) is 5.92 Å². The van der Waals surface area contributed by atoms with Crippen LogP contribution >= 0.6 is 0 Å². The summed E-state index contributed by atoms with van der Waals surface area (Å²) in [5.41, 5.74) is 1.92. The van der Waals surface area contributed by atoms with Gasteiger partial charge >= 0.3 is 0 Å². The molecule has 3 rings (SSSR count). The number of nitrogens with one attached hydrogen (secondary N) is 1. The van der Waals surface area contributed by atoms with E-state index in [9.17, 15) is 9.59 Å². The van der Waals surface area contributed by atoms with Gasteiger partial charge in [-0.2, -0.15) is 5.10 Å². The van der Waals surface area contributed by atoms with E-state index in [1.165, 1.54) is 10.7 Å². The maximum Gasteiger partial charge on any atom is 0.266 e. The van der Waals surface area contributed by atoms with E-state index in [2.05, 4.69) is 15.3 Å². The molecule has 0 spiro atoms. The molecule has 1 aromatic heterocycles. The van der Waals surface area contributed by atoms with Gasteiger partial charge in [0.15, 0.2) is 0 Å². The first-order chi connectivity index (χ1) is 13.6. The molecule has 2 aromatic rings. The van der Waals surface area contributed by atoms with Crippen LogP contribution in [0.25, 0.3) is 11.3 Å². The molecule has 0 radical (unpaired) electrons. The largest absolute Gasteiger partial charge is 0.385 e. The Morgan fingerprint density at radius 2 is 2.18 bits per heavy atom. The van der Waals surface area contributed by atoms with Crippen molar-refractivity contribution in [2.45, 2.75) is 12.8 Å². The molecule has 7 nitrogen and oxygen atoms in total. The maximum absolute atomic E-state index is 12.6. The van der Waals surface area contributed by atoms with Crippen LogP contribution in [0.1, 0.15) is 23.2 Å². The van der Waals surface area contributed by atoms with Gasteiger partial charge in [0, 0.05) is 57.6 Å². The first-order valence-electron chi connectivity index (χ1n) is 9.71. The number of hydrogen-bond donors (Lipinski definition) is 1. The van der Waals surface area contributed by atoms with Crippen molar-refractivity contribution in [2.75, 3.05) is 39.9 Å². The summed E-state index contributed by atoms with van der Waals surface area (Å²) in [4.78, 5) is 26.5. The number of aromatic nitrogens is 2. The summed E-state index contributed by atoms with van der Waals surface area (Å²) < 4.78 is 6.40. The second kappa shape index (κ2) is 9.61. The van der Waals surface area contributed by atoms with Crippen molar-refractivity contribution in [2.24, 2.45) is 13.0 Å². The minimum absolute atomic E-state index is 0.0792. The van der Waals surface area contributed by atoms with E-state index in [4.69, 9.17) is 4.74 Å². The predicted molar refractivity (Wildman–Crippen MR) is 108 cm³/mol. The number of aryl methyl sites for hydroxylation is 1. The first-order valence-corrected chi connectivity index (χ1v) is 9.71. The Morgan fingerprint density at radius 1 is 1.32 bits per heavy atom. The number of nitrogens with zero attached hydrogens (tertiary/aromatic N) is 3. The summed E-state index contributed by atoms with van der Waals surface area (Å²) >= 11 is 0. The Morgan fingerprint density at radius 3 is 2.96 bits per heavy atom. The molecule has 0 bridgehead atoms. The maximum atomic E-state index is 12.6. The topological polar surface area (TPSA) is 76.5 Å². The summed E-state index contributed by atoms with van der Waals surface area (Å²) in [6.07, 6.45) is 2.15. The van der Waals surface area contributed by atoms with Crippen LogP contribution in [0.2, 0.25) is 0 Å². The number of amides is 1. The summed E-state index contributed by atoms with van der Waals surface area (Å²) in [7, 11) is 3.34. The molecule has 0 saturated carbocycles. The fourth-order valence-electron chi connectivity index (χ4n) is 3.53. The van der Waals surface area contributed by atoms with Crippen molar-refractivity contribution >= 4 is 5.91 Å². The van der Waals surface area contributed by atoms with Gasteiger partial charge in [-0.25, -0.2) is 4.68 Å². The zero-order valence-corrected chi connectivity index (χ0v) is 16.6. The van der Waals surface area contributed by atoms with Gasteiger partial charge in [0.05, 0.1) is 5.69 Å². The lowest BCUT2D eigenvalue weighted by atomic mass is 10.1. The monoisotopic (exact) mass is 384 g/mol. The number of benzene rings is 1. The first kappa shape index (κ1) is 20.2. The molecule has 7 heteroatoms. The van der Waals surface area contributed by atoms with Crippen LogP contribution in [0.5, 0.6) is 0 Å². The number of methoxy groups -OCH3 is 1. The molecule has 0 unspecified atom stereocenters. The van der Waals surface area contributed by atoms with E-state index in [1.807, 2.05) is 18.2 Å². The van der Waals surface area contributed by atoms with Crippen molar-refractivity contribution < 1.29 is 9.53 Å². The molecule has 1 N–H and O–H groups in total. The van der Waals surface area contributed by atoms with Gasteiger partial charge in [-0.3, -0.25) is 9.59 Å². The highest BCUT2D eigenvalue weighted by Crippen LogP contribution is 2.18. The summed E-state index contributed by atoms with van der Waals surface area (Å²) in [6, 6.07) is 10.5. The Balaban J connectivity index is 1.55. The minimum Gasteiger partial charge on any atom is -0.385 e. The van der Waals surface area contributed by atoms with Crippen molar-refractivity contribution in [1.82, 2.24) is 20.0 Å². The Bertz CT molecular complexity index is 865. The number of likely N-dealkylation sites (tertiary alicyclic amines) is 1. The smallest absolute Gasteiger partial charge is 0.266 e. The SMILES string of the molecule is COCCCN1CC[C@@H](CNC(=O)c2cccc(-c3ccc(=O)n(C)n3)c2)C1. The number of carbonyl (C=O) groups excluding carboxylic acids is 1. The number of ether oxygens (including phenoxy) is 1. The van der Waals surface area contributed by atoms with Gasteiger partial charge < -0.3 is 15.0 Å². The second-order valence-electron chi connectivity index (χ2n) is 7.27. The summed E-state index contributed by atoms with van der Waals surface area (Å²) in [5, 5.41) is 7.31. The van der Waals surface area contributed by atoms with Crippen molar-refractivity contribution in [3.8, 4) is 11.3 Å². The van der Waals surface area contributed by atoms with Crippen LogP contribution in [-0.4, -0.2) is 60.5 Å². The molecule has 1 atom stereocenters. The lowest BCUT2D eigenvalue weighted by Crippen LogP contribution is -2.31. The molecular formula is C21H28N4O3. The fourth-order valence-corrected chi connectivity index (χ4v) is 3.53. The second-order valence-corrected chi connectivity index (χ2v) is 7.27. The molecule has 28 heavy (non-hydrogen) atoms. The zero-order valence-electron chi connectivity index (χ0n) is 16.6. The fraction of sp³-hybridized carbons (Fsp3) is 0.476. The third-order valence-corrected chi connectivity index (χ3v) is 5.13. The Hall–Kier alpha value is -2.51. The minimum atomic E-state index is -0.162. The van der Waals surface area contributed by atoms with E-state index in [-0.39, 0.29) is 11.5 Å². The van der Waals surface area contributed by atoms with Gasteiger partial charge in [0.2, 0.25) is 0 Å². The molecule has 1 saturated heterocycles. The molecule has 1 aromatic carbocycles. The molecule has 150 valence electrons. The molecule has 1 amide bonds. The van der Waals surface area contributed by atoms with Crippen LogP contribution in [-0.2, 0) is 11.8 Å². The highest BCUT2D eigenvalue weighted by atomic mass is 16.5. The third-order valence-electron chi connectivity index (χ3n) is 5.13. The van der Waals surface area contributed by atoms with E-state index in [0.29, 0.717) is 23.7 Å². The lowest BCUT2D eigenvalue weighted by molar-refractivity contribution is 0.0947. The summed E-state index contributed by atoms with van der Waals surface area (Å²) in [5.74, 6) is 0.407. The molecule has 1 fully saturated rings. The number of carbonyl (C=O) groups is 1. The average Bonchev–Trinajstić information content (AvgIpc) is 3.16. The normalized spacial score (nSPS) is 17.0. The zero-order chi connectivity index (χ0) is 19.9. The van der Waals surface area contributed by atoms with E-state index < -0.39 is 0 Å². The number of hydrogen-bond acceptors (Lipinski definition) is 5. The average molecular weight is 384 g/mol. The van der Waals surface area contributed by atoms with Crippen LogP contribution in [0.3, 0.4) is 0 Å². The van der Waals surface area contributed by atoms with Gasteiger partial charge in [0.1, 0.15) is 0 Å². The highest BCUT2D eigenvalue weighted by molar-refractivity contribution is 5.95. The molecule has 1 aliphatic heterocycles. The Labute approximate surface area is 165 Å². The molecule has 2 heterocycles. The molecular weight excluding hydrogens is 356 g/mol. The molecule has 0 aliphatic carbocycles. The number of rotatable bonds is 8. The highest BCUT2D eigenvalue weighted by Gasteiger charge is 2.22. The summed E-state index contributed by atoms with van der Waals surface area (Å²) in [6.45, 7) is 4.62. The standard InChI is InChI=1S/C21H28N4O3/c1-24-20(26)8-7-19(23-24)17-5-3-6-18(13-17)21(27)22-14-16-9-11-25(15-16)10-4-12-28-2/h3,5-8,13,16H,4,9-12,14-15H2,1-2H3,(H,22,27)/t16-/m0/s1. The van der Waals surface area contributed by atoms with Crippen LogP contribution in [0.4, 0.5) is 0 Å². The van der Waals surface area contributed by atoms with E-state index in [0.717, 1.165) is 44.6 Å². The van der Waals surface area contributed by atoms with Gasteiger partial charge in [-0.05, 0) is 43.5 Å². The van der Waals surface area contributed by atoms with Crippen molar-refractivity contribution in [3.63, 3.8) is 0 Å². The third kappa shape index (κ3) is 5.27. The van der Waals surface area contributed by atoms with E-state index in [1.54, 1.807) is 26.3 Å². The van der Waals surface area contributed by atoms with Gasteiger partial charge in [-0.1, -0.05) is 12.1 Å². The molecule has 1 aliphatic rings. The van der Waals surface area contributed by atoms with Crippen molar-refractivity contribution in [1.29, 1.82) is 0 Å². The Kier molecular flexibility index (Phi) is 6.95. The quantitative estimate of drug-likeness (QED) is 0.699. The van der Waals surface area contributed by atoms with Gasteiger partial charge in [-0.15, -0.1) is 0 Å². The van der Waals surface area contributed by atoms with Crippen molar-refractivity contribution in [3.05, 3.63) is 52.3 Å². The van der Waals surface area contributed by atoms with Gasteiger partial charge in [0.25, 0.3) is 11.5 Å². The van der Waals surface area contributed by atoms with E-state index >= 15 is 0 Å². The van der Waals surface area contributed by atoms with Crippen LogP contribution in [0.15, 0.2) is 41.2 Å².